The topological polar surface area (TPSA) is 38.8 Å². The van der Waals surface area contributed by atoms with E-state index in [0.717, 1.165) is 30.9 Å². The van der Waals surface area contributed by atoms with E-state index < -0.39 is 0 Å². The SMILES string of the molecule is COC(=O)[C@@H]1CN(Cc2ccccc2)C[C@@H]1c1ccc(OC)cc1. The van der Waals surface area contributed by atoms with Gasteiger partial charge in [-0.2, -0.15) is 0 Å². The molecule has 1 fully saturated rings. The highest BCUT2D eigenvalue weighted by Gasteiger charge is 2.39. The van der Waals surface area contributed by atoms with Crippen LogP contribution in [0.2, 0.25) is 0 Å². The van der Waals surface area contributed by atoms with Crippen LogP contribution >= 0.6 is 0 Å². The molecule has 2 atom stereocenters. The van der Waals surface area contributed by atoms with Crippen molar-refractivity contribution in [3.05, 3.63) is 65.7 Å². The molecule has 0 radical (unpaired) electrons. The van der Waals surface area contributed by atoms with Gasteiger partial charge in [0.1, 0.15) is 5.75 Å². The van der Waals surface area contributed by atoms with Crippen LogP contribution in [0.5, 0.6) is 5.75 Å². The van der Waals surface area contributed by atoms with Gasteiger partial charge < -0.3 is 9.47 Å². The predicted molar refractivity (Wildman–Crippen MR) is 93.0 cm³/mol. The average Bonchev–Trinajstić information content (AvgIpc) is 3.05. The zero-order valence-electron chi connectivity index (χ0n) is 14.1. The fraction of sp³-hybridized carbons (Fsp3) is 0.350. The van der Waals surface area contributed by atoms with Gasteiger partial charge in [0.25, 0.3) is 0 Å². The lowest BCUT2D eigenvalue weighted by Gasteiger charge is -2.17. The van der Waals surface area contributed by atoms with Crippen molar-refractivity contribution < 1.29 is 14.3 Å². The van der Waals surface area contributed by atoms with Gasteiger partial charge in [0.05, 0.1) is 20.1 Å². The summed E-state index contributed by atoms with van der Waals surface area (Å²) >= 11 is 0. The van der Waals surface area contributed by atoms with Crippen molar-refractivity contribution in [3.8, 4) is 5.75 Å². The Labute approximate surface area is 143 Å². The lowest BCUT2D eigenvalue weighted by Crippen LogP contribution is -2.24. The van der Waals surface area contributed by atoms with Crippen LogP contribution in [-0.4, -0.2) is 38.2 Å². The summed E-state index contributed by atoms with van der Waals surface area (Å²) in [6, 6.07) is 18.3. The summed E-state index contributed by atoms with van der Waals surface area (Å²) in [7, 11) is 3.12. The zero-order chi connectivity index (χ0) is 16.9. The van der Waals surface area contributed by atoms with Crippen molar-refractivity contribution in [1.82, 2.24) is 4.90 Å². The molecule has 0 aromatic heterocycles. The summed E-state index contributed by atoms with van der Waals surface area (Å²) in [4.78, 5) is 14.6. The maximum Gasteiger partial charge on any atom is 0.310 e. The molecule has 2 aromatic carbocycles. The molecular weight excluding hydrogens is 302 g/mol. The van der Waals surface area contributed by atoms with E-state index in [-0.39, 0.29) is 17.8 Å². The van der Waals surface area contributed by atoms with E-state index in [0.29, 0.717) is 0 Å². The van der Waals surface area contributed by atoms with Gasteiger partial charge in [-0.05, 0) is 23.3 Å². The summed E-state index contributed by atoms with van der Waals surface area (Å²) in [6.07, 6.45) is 0. The van der Waals surface area contributed by atoms with Crippen molar-refractivity contribution >= 4 is 5.97 Å². The zero-order valence-corrected chi connectivity index (χ0v) is 14.1. The van der Waals surface area contributed by atoms with Gasteiger partial charge in [0.2, 0.25) is 0 Å². The fourth-order valence-electron chi connectivity index (χ4n) is 3.44. The first kappa shape index (κ1) is 16.5. The van der Waals surface area contributed by atoms with E-state index in [4.69, 9.17) is 9.47 Å². The number of hydrogen-bond donors (Lipinski definition) is 0. The highest BCUT2D eigenvalue weighted by Crippen LogP contribution is 2.35. The molecule has 1 saturated heterocycles. The first-order valence-corrected chi connectivity index (χ1v) is 8.19. The van der Waals surface area contributed by atoms with Crippen LogP contribution in [0.4, 0.5) is 0 Å². The highest BCUT2D eigenvalue weighted by molar-refractivity contribution is 5.74. The molecule has 4 heteroatoms. The van der Waals surface area contributed by atoms with Gasteiger partial charge in [0, 0.05) is 25.6 Å². The Morgan fingerprint density at radius 2 is 1.75 bits per heavy atom. The number of carbonyl (C=O) groups excluding carboxylic acids is 1. The molecule has 0 saturated carbocycles. The molecule has 2 aromatic rings. The predicted octanol–water partition coefficient (Wildman–Crippen LogP) is 3.08. The lowest BCUT2D eigenvalue weighted by atomic mass is 9.89. The van der Waals surface area contributed by atoms with Crippen molar-refractivity contribution in [2.75, 3.05) is 27.3 Å². The molecule has 0 unspecified atom stereocenters. The normalized spacial score (nSPS) is 20.8. The van der Waals surface area contributed by atoms with E-state index in [2.05, 4.69) is 17.0 Å². The molecule has 4 nitrogen and oxygen atoms in total. The Bertz CT molecular complexity index is 669. The van der Waals surface area contributed by atoms with Crippen molar-refractivity contribution in [1.29, 1.82) is 0 Å². The van der Waals surface area contributed by atoms with Crippen LogP contribution in [0.25, 0.3) is 0 Å². The third-order valence-electron chi connectivity index (χ3n) is 4.69. The number of carbonyl (C=O) groups is 1. The number of likely N-dealkylation sites (tertiary alicyclic amines) is 1. The van der Waals surface area contributed by atoms with Gasteiger partial charge in [-0.25, -0.2) is 0 Å². The van der Waals surface area contributed by atoms with Gasteiger partial charge in [-0.15, -0.1) is 0 Å². The summed E-state index contributed by atoms with van der Waals surface area (Å²) in [5, 5.41) is 0. The Hall–Kier alpha value is -2.33. The van der Waals surface area contributed by atoms with E-state index in [9.17, 15) is 4.79 Å². The third kappa shape index (κ3) is 3.60. The van der Waals surface area contributed by atoms with Gasteiger partial charge in [-0.1, -0.05) is 42.5 Å². The lowest BCUT2D eigenvalue weighted by molar-refractivity contribution is -0.145. The third-order valence-corrected chi connectivity index (χ3v) is 4.69. The second-order valence-electron chi connectivity index (χ2n) is 6.19. The largest absolute Gasteiger partial charge is 0.497 e. The summed E-state index contributed by atoms with van der Waals surface area (Å²) in [5.41, 5.74) is 2.42. The standard InChI is InChI=1S/C20H23NO3/c1-23-17-10-8-16(9-11-17)18-13-21(14-19(18)20(22)24-2)12-15-6-4-3-5-7-15/h3-11,18-19H,12-14H2,1-2H3/t18-,19-/m1/s1. The number of benzene rings is 2. The van der Waals surface area contributed by atoms with E-state index in [1.54, 1.807) is 7.11 Å². The fourth-order valence-corrected chi connectivity index (χ4v) is 3.44. The van der Waals surface area contributed by atoms with Crippen molar-refractivity contribution in [3.63, 3.8) is 0 Å². The van der Waals surface area contributed by atoms with Crippen LogP contribution < -0.4 is 4.74 Å². The molecule has 3 rings (SSSR count). The molecule has 0 aliphatic carbocycles. The van der Waals surface area contributed by atoms with E-state index >= 15 is 0 Å². The Morgan fingerprint density at radius 1 is 1.04 bits per heavy atom. The first-order chi connectivity index (χ1) is 11.7. The minimum Gasteiger partial charge on any atom is -0.497 e. The number of ether oxygens (including phenoxy) is 2. The van der Waals surface area contributed by atoms with Gasteiger partial charge in [0.15, 0.2) is 0 Å². The molecular formula is C20H23NO3. The van der Waals surface area contributed by atoms with Gasteiger partial charge in [-0.3, -0.25) is 9.69 Å². The van der Waals surface area contributed by atoms with Crippen LogP contribution in [-0.2, 0) is 16.1 Å². The molecule has 0 bridgehead atoms. The first-order valence-electron chi connectivity index (χ1n) is 8.19. The minimum absolute atomic E-state index is 0.132. The summed E-state index contributed by atoms with van der Waals surface area (Å²) in [5.74, 6) is 0.707. The molecule has 0 amide bonds. The van der Waals surface area contributed by atoms with E-state index in [1.165, 1.54) is 12.7 Å². The van der Waals surface area contributed by atoms with Crippen molar-refractivity contribution in [2.45, 2.75) is 12.5 Å². The second-order valence-corrected chi connectivity index (χ2v) is 6.19. The number of nitrogens with zero attached hydrogens (tertiary/aromatic N) is 1. The maximum atomic E-state index is 12.2. The molecule has 1 heterocycles. The number of methoxy groups -OCH3 is 2. The van der Waals surface area contributed by atoms with Crippen LogP contribution in [0.15, 0.2) is 54.6 Å². The van der Waals surface area contributed by atoms with Crippen LogP contribution in [0, 0.1) is 5.92 Å². The molecule has 1 aliphatic heterocycles. The minimum atomic E-state index is -0.133. The number of esters is 1. The second kappa shape index (κ2) is 7.49. The molecule has 126 valence electrons. The Morgan fingerprint density at radius 3 is 2.38 bits per heavy atom. The van der Waals surface area contributed by atoms with E-state index in [1.807, 2.05) is 42.5 Å². The Kier molecular flexibility index (Phi) is 5.16. The number of hydrogen-bond acceptors (Lipinski definition) is 4. The molecule has 0 N–H and O–H groups in total. The Balaban J connectivity index is 1.78. The van der Waals surface area contributed by atoms with Crippen molar-refractivity contribution in [2.24, 2.45) is 5.92 Å². The van der Waals surface area contributed by atoms with Gasteiger partial charge >= 0.3 is 5.97 Å². The highest BCUT2D eigenvalue weighted by atomic mass is 16.5. The quantitative estimate of drug-likeness (QED) is 0.792. The van der Waals surface area contributed by atoms with Crippen LogP contribution in [0.3, 0.4) is 0 Å². The molecule has 24 heavy (non-hydrogen) atoms. The smallest absolute Gasteiger partial charge is 0.310 e. The van der Waals surface area contributed by atoms with Crippen LogP contribution in [0.1, 0.15) is 17.0 Å². The monoisotopic (exact) mass is 325 g/mol. The maximum absolute atomic E-state index is 12.2. The number of rotatable bonds is 5. The summed E-state index contributed by atoms with van der Waals surface area (Å²) < 4.78 is 10.3. The summed E-state index contributed by atoms with van der Waals surface area (Å²) in [6.45, 7) is 2.42. The molecule has 1 aliphatic rings. The average molecular weight is 325 g/mol. The molecule has 0 spiro atoms.